The van der Waals surface area contributed by atoms with Gasteiger partial charge in [0.2, 0.25) is 0 Å². The first-order valence-electron chi connectivity index (χ1n) is 6.41. The van der Waals surface area contributed by atoms with Crippen molar-refractivity contribution in [3.8, 4) is 5.75 Å². The first-order chi connectivity index (χ1) is 9.72. The van der Waals surface area contributed by atoms with Gasteiger partial charge in [-0.3, -0.25) is 0 Å². The highest BCUT2D eigenvalue weighted by Crippen LogP contribution is 2.16. The normalized spacial score (nSPS) is 10.9. The fourth-order valence-corrected chi connectivity index (χ4v) is 2.30. The molecule has 0 saturated carbocycles. The molecule has 1 aromatic carbocycles. The molecular weight excluding hydrogens is 318 g/mol. The van der Waals surface area contributed by atoms with Gasteiger partial charge in [-0.15, -0.1) is 0 Å². The molecule has 5 heteroatoms. The van der Waals surface area contributed by atoms with Crippen molar-refractivity contribution < 1.29 is 4.74 Å². The number of nitrogens with zero attached hydrogens (tertiary/aromatic N) is 3. The van der Waals surface area contributed by atoms with E-state index in [0.29, 0.717) is 13.0 Å². The Labute approximate surface area is 125 Å². The second-order valence-electron chi connectivity index (χ2n) is 4.54. The van der Waals surface area contributed by atoms with Gasteiger partial charge in [0.1, 0.15) is 5.75 Å². The number of ether oxygens (including phenoxy) is 1. The second kappa shape index (κ2) is 5.63. The Morgan fingerprint density at radius 3 is 2.95 bits per heavy atom. The summed E-state index contributed by atoms with van der Waals surface area (Å²) in [5.74, 6) is 1.70. The molecule has 0 N–H and O–H groups in total. The monoisotopic (exact) mass is 331 g/mol. The van der Waals surface area contributed by atoms with Crippen molar-refractivity contribution in [3.05, 3.63) is 58.5 Å². The fourth-order valence-electron chi connectivity index (χ4n) is 1.98. The van der Waals surface area contributed by atoms with Crippen molar-refractivity contribution in [3.63, 3.8) is 0 Å². The van der Waals surface area contributed by atoms with Crippen LogP contribution in [0.4, 0.5) is 0 Å². The molecule has 20 heavy (non-hydrogen) atoms. The Bertz CT molecular complexity index is 739. The third kappa shape index (κ3) is 2.82. The van der Waals surface area contributed by atoms with Crippen molar-refractivity contribution in [2.24, 2.45) is 0 Å². The molecule has 0 fully saturated rings. The standard InChI is InChI=1S/C15H14BrN3O/c1-11-4-2-3-5-13(11)20-9-7-14-17-15-10-12(16)6-8-19(15)18-14/h2-6,8,10H,7,9H2,1H3. The molecular formula is C15H14BrN3O. The zero-order valence-corrected chi connectivity index (χ0v) is 12.7. The van der Waals surface area contributed by atoms with Crippen LogP contribution in [0.5, 0.6) is 5.75 Å². The van der Waals surface area contributed by atoms with Gasteiger partial charge < -0.3 is 4.74 Å². The molecule has 4 nitrogen and oxygen atoms in total. The number of aryl methyl sites for hydroxylation is 1. The molecule has 102 valence electrons. The van der Waals surface area contributed by atoms with Gasteiger partial charge in [-0.05, 0) is 30.7 Å². The maximum atomic E-state index is 5.76. The van der Waals surface area contributed by atoms with Gasteiger partial charge >= 0.3 is 0 Å². The van der Waals surface area contributed by atoms with Gasteiger partial charge in [0.05, 0.1) is 6.61 Å². The summed E-state index contributed by atoms with van der Waals surface area (Å²) in [4.78, 5) is 4.47. The maximum absolute atomic E-state index is 5.76. The molecule has 0 atom stereocenters. The Balaban J connectivity index is 1.67. The van der Waals surface area contributed by atoms with E-state index in [0.717, 1.165) is 27.3 Å². The summed E-state index contributed by atoms with van der Waals surface area (Å²) in [6.07, 6.45) is 2.58. The zero-order valence-electron chi connectivity index (χ0n) is 11.1. The molecule has 3 aromatic rings. The highest BCUT2D eigenvalue weighted by Gasteiger charge is 2.05. The summed E-state index contributed by atoms with van der Waals surface area (Å²) in [5.41, 5.74) is 1.98. The van der Waals surface area contributed by atoms with Crippen LogP contribution in [-0.2, 0) is 6.42 Å². The van der Waals surface area contributed by atoms with Crippen LogP contribution < -0.4 is 4.74 Å². The van der Waals surface area contributed by atoms with E-state index in [4.69, 9.17) is 4.74 Å². The summed E-state index contributed by atoms with van der Waals surface area (Å²) in [5, 5.41) is 4.41. The minimum atomic E-state index is 0.572. The van der Waals surface area contributed by atoms with E-state index in [1.807, 2.05) is 49.5 Å². The van der Waals surface area contributed by atoms with Crippen LogP contribution in [0.25, 0.3) is 5.65 Å². The lowest BCUT2D eigenvalue weighted by atomic mass is 10.2. The van der Waals surface area contributed by atoms with E-state index < -0.39 is 0 Å². The van der Waals surface area contributed by atoms with Gasteiger partial charge in [0, 0.05) is 17.1 Å². The lowest BCUT2D eigenvalue weighted by Crippen LogP contribution is -2.03. The Morgan fingerprint density at radius 2 is 2.10 bits per heavy atom. The second-order valence-corrected chi connectivity index (χ2v) is 5.46. The van der Waals surface area contributed by atoms with Gasteiger partial charge in [-0.2, -0.15) is 5.10 Å². The predicted molar refractivity (Wildman–Crippen MR) is 81.1 cm³/mol. The third-order valence-corrected chi connectivity index (χ3v) is 3.51. The molecule has 0 radical (unpaired) electrons. The Morgan fingerprint density at radius 1 is 1.25 bits per heavy atom. The van der Waals surface area contributed by atoms with E-state index in [1.54, 1.807) is 4.52 Å². The van der Waals surface area contributed by atoms with E-state index in [9.17, 15) is 0 Å². The molecule has 2 heterocycles. The summed E-state index contributed by atoms with van der Waals surface area (Å²) < 4.78 is 8.53. The molecule has 2 aromatic heterocycles. The maximum Gasteiger partial charge on any atom is 0.156 e. The lowest BCUT2D eigenvalue weighted by molar-refractivity contribution is 0.317. The average molecular weight is 332 g/mol. The van der Waals surface area contributed by atoms with Crippen LogP contribution in [0.2, 0.25) is 0 Å². The number of para-hydroxylation sites is 1. The lowest BCUT2D eigenvalue weighted by Gasteiger charge is -2.06. The van der Waals surface area contributed by atoms with Crippen LogP contribution in [0.1, 0.15) is 11.4 Å². The molecule has 0 spiro atoms. The molecule has 3 rings (SSSR count). The van der Waals surface area contributed by atoms with Gasteiger partial charge in [-0.1, -0.05) is 34.1 Å². The van der Waals surface area contributed by atoms with E-state index in [2.05, 4.69) is 26.0 Å². The number of aromatic nitrogens is 3. The topological polar surface area (TPSA) is 39.4 Å². The number of fused-ring (bicyclic) bond motifs is 1. The average Bonchev–Trinajstić information content (AvgIpc) is 2.83. The molecule has 0 bridgehead atoms. The first kappa shape index (κ1) is 13.1. The molecule has 0 unspecified atom stereocenters. The van der Waals surface area contributed by atoms with Gasteiger partial charge in [0.25, 0.3) is 0 Å². The van der Waals surface area contributed by atoms with Crippen LogP contribution >= 0.6 is 15.9 Å². The fraction of sp³-hybridized carbons (Fsp3) is 0.200. The number of pyridine rings is 1. The van der Waals surface area contributed by atoms with E-state index in [1.165, 1.54) is 0 Å². The highest BCUT2D eigenvalue weighted by molar-refractivity contribution is 9.10. The van der Waals surface area contributed by atoms with Crippen molar-refractivity contribution in [2.75, 3.05) is 6.61 Å². The minimum Gasteiger partial charge on any atom is -0.493 e. The minimum absolute atomic E-state index is 0.572. The molecule has 0 saturated heterocycles. The van der Waals surface area contributed by atoms with Crippen molar-refractivity contribution in [1.82, 2.24) is 14.6 Å². The number of rotatable bonds is 4. The molecule has 0 amide bonds. The molecule has 0 aliphatic carbocycles. The van der Waals surface area contributed by atoms with E-state index >= 15 is 0 Å². The molecule has 0 aliphatic heterocycles. The zero-order chi connectivity index (χ0) is 13.9. The van der Waals surface area contributed by atoms with Crippen molar-refractivity contribution >= 4 is 21.6 Å². The van der Waals surface area contributed by atoms with Gasteiger partial charge in [-0.25, -0.2) is 9.50 Å². The summed E-state index contributed by atoms with van der Waals surface area (Å²) in [7, 11) is 0. The largest absolute Gasteiger partial charge is 0.493 e. The quantitative estimate of drug-likeness (QED) is 0.735. The van der Waals surface area contributed by atoms with Gasteiger partial charge in [0.15, 0.2) is 11.5 Å². The predicted octanol–water partition coefficient (Wildman–Crippen LogP) is 3.42. The smallest absolute Gasteiger partial charge is 0.156 e. The summed E-state index contributed by atoms with van der Waals surface area (Å²) >= 11 is 3.43. The van der Waals surface area contributed by atoms with Crippen LogP contribution in [0, 0.1) is 6.92 Å². The Kier molecular flexibility index (Phi) is 3.69. The molecule has 0 aliphatic rings. The number of benzene rings is 1. The van der Waals surface area contributed by atoms with E-state index in [-0.39, 0.29) is 0 Å². The highest BCUT2D eigenvalue weighted by atomic mass is 79.9. The first-order valence-corrected chi connectivity index (χ1v) is 7.21. The van der Waals surface area contributed by atoms with Crippen molar-refractivity contribution in [1.29, 1.82) is 0 Å². The van der Waals surface area contributed by atoms with Crippen LogP contribution in [0.15, 0.2) is 47.1 Å². The summed E-state index contributed by atoms with van der Waals surface area (Å²) in [6, 6.07) is 11.9. The Hall–Kier alpha value is -1.88. The number of hydrogen-bond donors (Lipinski definition) is 0. The summed E-state index contributed by atoms with van der Waals surface area (Å²) in [6.45, 7) is 2.61. The number of hydrogen-bond acceptors (Lipinski definition) is 3. The van der Waals surface area contributed by atoms with Crippen LogP contribution in [-0.4, -0.2) is 21.2 Å². The van der Waals surface area contributed by atoms with Crippen LogP contribution in [0.3, 0.4) is 0 Å². The SMILES string of the molecule is Cc1ccccc1OCCc1nc2cc(Br)ccn2n1. The number of halogens is 1. The van der Waals surface area contributed by atoms with Crippen molar-refractivity contribution in [2.45, 2.75) is 13.3 Å². The third-order valence-electron chi connectivity index (χ3n) is 3.02.